The summed E-state index contributed by atoms with van der Waals surface area (Å²) in [5, 5.41) is 1.56. The van der Waals surface area contributed by atoms with Gasteiger partial charge in [-0.25, -0.2) is 0 Å². The smallest absolute Gasteiger partial charge is 0.255 e. The zero-order chi connectivity index (χ0) is 18.8. The Bertz CT molecular complexity index is 966. The number of halogens is 1. The van der Waals surface area contributed by atoms with Crippen molar-refractivity contribution in [3.8, 4) is 0 Å². The number of amides is 1. The monoisotopic (exact) mass is 379 g/mol. The lowest BCUT2D eigenvalue weighted by molar-refractivity contribution is 0.0627. The summed E-state index contributed by atoms with van der Waals surface area (Å²) < 4.78 is 0. The van der Waals surface area contributed by atoms with E-state index >= 15 is 0 Å². The molecule has 1 fully saturated rings. The second-order valence-electron chi connectivity index (χ2n) is 7.01. The van der Waals surface area contributed by atoms with E-state index in [9.17, 15) is 4.79 Å². The van der Waals surface area contributed by atoms with Crippen LogP contribution in [0, 0.1) is 6.92 Å². The van der Waals surface area contributed by atoms with Crippen LogP contribution < -0.4 is 0 Å². The quantitative estimate of drug-likeness (QED) is 0.685. The standard InChI is InChI=1S/C22H22ClN3O/c1-16-20(14-18-13-19(23)7-8-21(18)24-16)22(27)26-11-9-25(10-12-26)15-17-5-3-2-4-6-17/h2-8,13-14H,9-12,15H2,1H3. The van der Waals surface area contributed by atoms with Gasteiger partial charge in [-0.05, 0) is 36.8 Å². The molecule has 0 N–H and O–H groups in total. The predicted octanol–water partition coefficient (Wildman–Crippen LogP) is 4.15. The minimum Gasteiger partial charge on any atom is -0.336 e. The number of aromatic nitrogens is 1. The Labute approximate surface area is 164 Å². The summed E-state index contributed by atoms with van der Waals surface area (Å²) >= 11 is 6.09. The van der Waals surface area contributed by atoms with Crippen LogP contribution in [0.15, 0.2) is 54.6 Å². The summed E-state index contributed by atoms with van der Waals surface area (Å²) in [7, 11) is 0. The summed E-state index contributed by atoms with van der Waals surface area (Å²) in [4.78, 5) is 22.0. The maximum Gasteiger partial charge on any atom is 0.255 e. The molecular weight excluding hydrogens is 358 g/mol. The van der Waals surface area contributed by atoms with Gasteiger partial charge in [0.1, 0.15) is 0 Å². The van der Waals surface area contributed by atoms with Crippen molar-refractivity contribution in [1.82, 2.24) is 14.8 Å². The molecule has 138 valence electrons. The molecule has 3 aromatic rings. The molecule has 5 heteroatoms. The molecule has 1 aromatic heterocycles. The zero-order valence-corrected chi connectivity index (χ0v) is 16.1. The number of aryl methyl sites for hydroxylation is 1. The highest BCUT2D eigenvalue weighted by Crippen LogP contribution is 2.22. The van der Waals surface area contributed by atoms with Crippen LogP contribution in [0.3, 0.4) is 0 Å². The van der Waals surface area contributed by atoms with Crippen LogP contribution >= 0.6 is 11.6 Å². The van der Waals surface area contributed by atoms with Crippen LogP contribution in [0.4, 0.5) is 0 Å². The highest BCUT2D eigenvalue weighted by molar-refractivity contribution is 6.31. The number of hydrogen-bond donors (Lipinski definition) is 0. The van der Waals surface area contributed by atoms with E-state index in [2.05, 4.69) is 34.1 Å². The van der Waals surface area contributed by atoms with Crippen molar-refractivity contribution in [2.45, 2.75) is 13.5 Å². The van der Waals surface area contributed by atoms with Crippen LogP contribution in [0.2, 0.25) is 5.02 Å². The lowest BCUT2D eigenvalue weighted by atomic mass is 10.1. The number of nitrogens with zero attached hydrogens (tertiary/aromatic N) is 3. The maximum atomic E-state index is 13.0. The van der Waals surface area contributed by atoms with Gasteiger partial charge in [0.25, 0.3) is 5.91 Å². The molecule has 4 rings (SSSR count). The lowest BCUT2D eigenvalue weighted by Crippen LogP contribution is -2.48. The van der Waals surface area contributed by atoms with E-state index in [-0.39, 0.29) is 5.91 Å². The molecule has 1 aliphatic rings. The van der Waals surface area contributed by atoms with Gasteiger partial charge in [-0.2, -0.15) is 0 Å². The summed E-state index contributed by atoms with van der Waals surface area (Å²) in [6.45, 7) is 6.06. The normalized spacial score (nSPS) is 15.3. The molecule has 4 nitrogen and oxygen atoms in total. The van der Waals surface area contributed by atoms with Gasteiger partial charge in [0.15, 0.2) is 0 Å². The molecule has 0 unspecified atom stereocenters. The third-order valence-corrected chi connectivity index (χ3v) is 5.34. The largest absolute Gasteiger partial charge is 0.336 e. The van der Waals surface area contributed by atoms with E-state index in [1.165, 1.54) is 5.56 Å². The second kappa shape index (κ2) is 7.67. The molecule has 0 aliphatic carbocycles. The van der Waals surface area contributed by atoms with Crippen molar-refractivity contribution in [2.24, 2.45) is 0 Å². The average molecular weight is 380 g/mol. The second-order valence-corrected chi connectivity index (χ2v) is 7.45. The maximum absolute atomic E-state index is 13.0. The Morgan fingerprint density at radius 2 is 1.78 bits per heavy atom. The topological polar surface area (TPSA) is 36.4 Å². The molecule has 0 spiro atoms. The van der Waals surface area contributed by atoms with E-state index in [0.717, 1.165) is 49.3 Å². The third kappa shape index (κ3) is 3.97. The van der Waals surface area contributed by atoms with Gasteiger partial charge >= 0.3 is 0 Å². The van der Waals surface area contributed by atoms with E-state index in [1.807, 2.05) is 42.2 Å². The number of carbonyl (C=O) groups is 1. The van der Waals surface area contributed by atoms with Crippen LogP contribution in [0.1, 0.15) is 21.6 Å². The van der Waals surface area contributed by atoms with E-state index in [1.54, 1.807) is 0 Å². The SMILES string of the molecule is Cc1nc2ccc(Cl)cc2cc1C(=O)N1CCN(Cc2ccccc2)CC1. The summed E-state index contributed by atoms with van der Waals surface area (Å²) in [5.41, 5.74) is 3.60. The number of fused-ring (bicyclic) bond motifs is 1. The van der Waals surface area contributed by atoms with Gasteiger partial charge in [0, 0.05) is 43.1 Å². The fourth-order valence-electron chi connectivity index (χ4n) is 3.58. The first-order valence-electron chi connectivity index (χ1n) is 9.22. The number of benzene rings is 2. The van der Waals surface area contributed by atoms with Crippen molar-refractivity contribution >= 4 is 28.4 Å². The molecule has 0 saturated carbocycles. The molecule has 0 atom stereocenters. The first-order chi connectivity index (χ1) is 13.1. The number of hydrogen-bond acceptors (Lipinski definition) is 3. The van der Waals surface area contributed by atoms with Gasteiger partial charge < -0.3 is 4.90 Å². The average Bonchev–Trinajstić information content (AvgIpc) is 2.69. The minimum absolute atomic E-state index is 0.0567. The van der Waals surface area contributed by atoms with Gasteiger partial charge in [0.2, 0.25) is 0 Å². The molecule has 27 heavy (non-hydrogen) atoms. The molecule has 0 radical (unpaired) electrons. The number of rotatable bonds is 3. The highest BCUT2D eigenvalue weighted by atomic mass is 35.5. The molecule has 0 bridgehead atoms. The third-order valence-electron chi connectivity index (χ3n) is 5.11. The first kappa shape index (κ1) is 18.0. The predicted molar refractivity (Wildman–Crippen MR) is 109 cm³/mol. The summed E-state index contributed by atoms with van der Waals surface area (Å²) in [6, 6.07) is 18.0. The van der Waals surface area contributed by atoms with Gasteiger partial charge in [-0.1, -0.05) is 41.9 Å². The molecule has 1 saturated heterocycles. The summed E-state index contributed by atoms with van der Waals surface area (Å²) in [5.74, 6) is 0.0567. The van der Waals surface area contributed by atoms with Crippen molar-refractivity contribution in [3.63, 3.8) is 0 Å². The molecule has 2 aromatic carbocycles. The van der Waals surface area contributed by atoms with Crippen molar-refractivity contribution in [1.29, 1.82) is 0 Å². The van der Waals surface area contributed by atoms with E-state index < -0.39 is 0 Å². The Morgan fingerprint density at radius 3 is 2.52 bits per heavy atom. The van der Waals surface area contributed by atoms with Gasteiger partial charge in [-0.3, -0.25) is 14.7 Å². The van der Waals surface area contributed by atoms with Gasteiger partial charge in [-0.15, -0.1) is 0 Å². The fraction of sp³-hybridized carbons (Fsp3) is 0.273. The minimum atomic E-state index is 0.0567. The Morgan fingerprint density at radius 1 is 1.04 bits per heavy atom. The van der Waals surface area contributed by atoms with Crippen LogP contribution in [-0.4, -0.2) is 46.9 Å². The van der Waals surface area contributed by atoms with Crippen LogP contribution in [0.5, 0.6) is 0 Å². The van der Waals surface area contributed by atoms with E-state index in [0.29, 0.717) is 10.6 Å². The van der Waals surface area contributed by atoms with Crippen LogP contribution in [0.25, 0.3) is 10.9 Å². The highest BCUT2D eigenvalue weighted by Gasteiger charge is 2.24. The number of pyridine rings is 1. The van der Waals surface area contributed by atoms with Crippen molar-refractivity contribution in [3.05, 3.63) is 76.4 Å². The Hall–Kier alpha value is -2.43. The van der Waals surface area contributed by atoms with Gasteiger partial charge in [0.05, 0.1) is 16.8 Å². The number of piperazine rings is 1. The Kier molecular flexibility index (Phi) is 5.10. The Balaban J connectivity index is 1.46. The first-order valence-corrected chi connectivity index (χ1v) is 9.60. The van der Waals surface area contributed by atoms with E-state index in [4.69, 9.17) is 11.6 Å². The van der Waals surface area contributed by atoms with Crippen molar-refractivity contribution < 1.29 is 4.79 Å². The number of carbonyl (C=O) groups excluding carboxylic acids is 1. The molecular formula is C22H22ClN3O. The molecule has 2 heterocycles. The fourth-order valence-corrected chi connectivity index (χ4v) is 3.76. The zero-order valence-electron chi connectivity index (χ0n) is 15.4. The van der Waals surface area contributed by atoms with Crippen LogP contribution in [-0.2, 0) is 6.54 Å². The summed E-state index contributed by atoms with van der Waals surface area (Å²) in [6.07, 6.45) is 0. The molecule has 1 aliphatic heterocycles. The lowest BCUT2D eigenvalue weighted by Gasteiger charge is -2.35. The van der Waals surface area contributed by atoms with Crippen molar-refractivity contribution in [2.75, 3.05) is 26.2 Å². The molecule has 1 amide bonds.